The molecule has 0 bridgehead atoms. The summed E-state index contributed by atoms with van der Waals surface area (Å²) in [7, 11) is -0.474. The Bertz CT molecular complexity index is 1580. The summed E-state index contributed by atoms with van der Waals surface area (Å²) in [6.07, 6.45) is 1.56. The van der Waals surface area contributed by atoms with Crippen molar-refractivity contribution in [2.75, 3.05) is 49.6 Å². The van der Waals surface area contributed by atoms with Crippen LogP contribution in [0.2, 0.25) is 10.0 Å². The highest BCUT2D eigenvalue weighted by molar-refractivity contribution is 7.62. The molecule has 1 fully saturated rings. The van der Waals surface area contributed by atoms with E-state index >= 15 is 0 Å². The van der Waals surface area contributed by atoms with Gasteiger partial charge in [-0.15, -0.1) is 0 Å². The molecule has 204 valence electrons. The molecular formula is C28H31Cl2N6O2P. The van der Waals surface area contributed by atoms with Gasteiger partial charge in [0.1, 0.15) is 24.5 Å². The molecule has 2 N–H and O–H groups in total. The molecule has 3 heterocycles. The smallest absolute Gasteiger partial charge is 0.217 e. The summed E-state index contributed by atoms with van der Waals surface area (Å²) in [6.45, 7) is 4.96. The third kappa shape index (κ3) is 5.93. The maximum atomic E-state index is 12.7. The number of amides is 1. The molecule has 1 atom stereocenters. The van der Waals surface area contributed by atoms with E-state index in [0.29, 0.717) is 46.5 Å². The number of benzene rings is 2. The summed E-state index contributed by atoms with van der Waals surface area (Å²) in [5.41, 5.74) is 9.35. The summed E-state index contributed by atoms with van der Waals surface area (Å²) in [5, 5.41) is 6.29. The predicted molar refractivity (Wildman–Crippen MR) is 161 cm³/mol. The first-order valence-electron chi connectivity index (χ1n) is 12.7. The summed E-state index contributed by atoms with van der Waals surface area (Å²) in [6, 6.07) is 17.2. The number of nitrogens with two attached hydrogens (primary N) is 1. The molecule has 11 heteroatoms. The lowest BCUT2D eigenvalue weighted by Crippen LogP contribution is -2.26. The Morgan fingerprint density at radius 3 is 2.54 bits per heavy atom. The second-order valence-electron chi connectivity index (χ2n) is 10.6. The number of carbonyl (C=O) groups excluding carboxylic acids is 1. The topological polar surface area (TPSA) is 96.8 Å². The minimum absolute atomic E-state index is 0.160. The summed E-state index contributed by atoms with van der Waals surface area (Å²) >= 11 is 12.9. The van der Waals surface area contributed by atoms with Gasteiger partial charge in [-0.05, 0) is 49.4 Å². The summed E-state index contributed by atoms with van der Waals surface area (Å²) in [4.78, 5) is 20.8. The number of aromatic nitrogens is 3. The third-order valence-electron chi connectivity index (χ3n) is 6.86. The number of hydrogen-bond donors (Lipinski definition) is 1. The van der Waals surface area contributed by atoms with Gasteiger partial charge in [-0.1, -0.05) is 53.5 Å². The van der Waals surface area contributed by atoms with Crippen molar-refractivity contribution >= 4 is 53.5 Å². The number of rotatable bonds is 8. The van der Waals surface area contributed by atoms with Crippen LogP contribution in [0.15, 0.2) is 54.6 Å². The van der Waals surface area contributed by atoms with E-state index in [4.69, 9.17) is 39.0 Å². The van der Waals surface area contributed by atoms with Crippen molar-refractivity contribution in [1.29, 1.82) is 0 Å². The van der Waals surface area contributed by atoms with Crippen LogP contribution < -0.4 is 15.5 Å². The maximum Gasteiger partial charge on any atom is 0.217 e. The number of halogens is 2. The number of nitrogens with zero attached hydrogens (tertiary/aromatic N) is 5. The molecule has 1 aliphatic rings. The molecule has 5 rings (SSSR count). The lowest BCUT2D eigenvalue weighted by atomic mass is 10.0. The molecule has 1 aliphatic heterocycles. The number of anilines is 2. The van der Waals surface area contributed by atoms with Crippen LogP contribution >= 0.6 is 30.3 Å². The summed E-state index contributed by atoms with van der Waals surface area (Å²) < 4.78 is 14.6. The van der Waals surface area contributed by atoms with E-state index in [1.165, 1.54) is 0 Å². The van der Waals surface area contributed by atoms with Crippen LogP contribution in [-0.4, -0.2) is 60.3 Å². The van der Waals surface area contributed by atoms with Gasteiger partial charge in [-0.25, -0.2) is 4.98 Å². The molecule has 0 radical (unpaired) electrons. The molecule has 0 aliphatic carbocycles. The highest BCUT2D eigenvalue weighted by Crippen LogP contribution is 2.42. The van der Waals surface area contributed by atoms with Gasteiger partial charge in [0.15, 0.2) is 5.65 Å². The van der Waals surface area contributed by atoms with E-state index in [1.807, 2.05) is 71.1 Å². The van der Waals surface area contributed by atoms with Crippen LogP contribution in [0.5, 0.6) is 0 Å². The van der Waals surface area contributed by atoms with Crippen LogP contribution in [0.25, 0.3) is 28.0 Å². The van der Waals surface area contributed by atoms with Crippen LogP contribution in [0.1, 0.15) is 12.8 Å². The van der Waals surface area contributed by atoms with Crippen LogP contribution in [0, 0.1) is 5.92 Å². The van der Waals surface area contributed by atoms with Crippen molar-refractivity contribution in [2.45, 2.75) is 12.8 Å². The Hall–Kier alpha value is -3.06. The Balaban J connectivity index is 1.77. The zero-order valence-corrected chi connectivity index (χ0v) is 24.5. The number of primary amides is 1. The van der Waals surface area contributed by atoms with Gasteiger partial charge in [0, 0.05) is 43.2 Å². The largest absolute Gasteiger partial charge is 0.370 e. The lowest BCUT2D eigenvalue weighted by Gasteiger charge is -2.25. The molecule has 0 spiro atoms. The third-order valence-corrected chi connectivity index (χ3v) is 8.55. The van der Waals surface area contributed by atoms with Crippen molar-refractivity contribution in [2.24, 2.45) is 11.7 Å². The van der Waals surface area contributed by atoms with Gasteiger partial charge in [-0.3, -0.25) is 4.79 Å². The number of hydrogen-bond acceptors (Lipinski definition) is 6. The molecule has 1 amide bonds. The van der Waals surface area contributed by atoms with Crippen LogP contribution in [-0.2, 0) is 9.36 Å². The van der Waals surface area contributed by atoms with Gasteiger partial charge in [0.2, 0.25) is 5.91 Å². The van der Waals surface area contributed by atoms with Crippen molar-refractivity contribution in [3.63, 3.8) is 0 Å². The first-order chi connectivity index (χ1) is 18.5. The fourth-order valence-corrected chi connectivity index (χ4v) is 6.73. The summed E-state index contributed by atoms with van der Waals surface area (Å²) in [5.74, 6) is 1.38. The van der Waals surface area contributed by atoms with Crippen LogP contribution in [0.3, 0.4) is 0 Å². The van der Waals surface area contributed by atoms with Gasteiger partial charge < -0.3 is 20.1 Å². The molecule has 8 nitrogen and oxygen atoms in total. The number of fused-ring (bicyclic) bond motifs is 1. The van der Waals surface area contributed by atoms with E-state index in [9.17, 15) is 9.36 Å². The molecule has 2 aromatic carbocycles. The van der Waals surface area contributed by atoms with Gasteiger partial charge in [0.05, 0.1) is 16.9 Å². The Morgan fingerprint density at radius 1 is 1.15 bits per heavy atom. The van der Waals surface area contributed by atoms with Crippen molar-refractivity contribution in [3.8, 4) is 22.4 Å². The van der Waals surface area contributed by atoms with Gasteiger partial charge in [0.25, 0.3) is 0 Å². The van der Waals surface area contributed by atoms with E-state index in [0.717, 1.165) is 35.5 Å². The zero-order chi connectivity index (χ0) is 27.9. The lowest BCUT2D eigenvalue weighted by molar-refractivity contribution is -0.118. The minimum Gasteiger partial charge on any atom is -0.370 e. The molecule has 0 unspecified atom stereocenters. The fraction of sp³-hybridized carbons (Fsp3) is 0.321. The zero-order valence-electron chi connectivity index (χ0n) is 22.1. The normalized spacial score (nSPS) is 15.7. The van der Waals surface area contributed by atoms with E-state index < -0.39 is 7.14 Å². The Labute approximate surface area is 238 Å². The highest BCUT2D eigenvalue weighted by atomic mass is 35.5. The molecule has 39 heavy (non-hydrogen) atoms. The predicted octanol–water partition coefficient (Wildman–Crippen LogP) is 6.09. The first kappa shape index (κ1) is 27.5. The molecule has 2 aromatic heterocycles. The average Bonchev–Trinajstić information content (AvgIpc) is 3.47. The van der Waals surface area contributed by atoms with Crippen molar-refractivity contribution < 1.29 is 9.36 Å². The average molecular weight is 585 g/mol. The Morgan fingerprint density at radius 2 is 1.87 bits per heavy atom. The van der Waals surface area contributed by atoms with E-state index in [2.05, 4.69) is 4.90 Å². The minimum atomic E-state index is -2.37. The van der Waals surface area contributed by atoms with E-state index in [1.54, 1.807) is 13.3 Å². The Kier molecular flexibility index (Phi) is 7.64. The van der Waals surface area contributed by atoms with Crippen LogP contribution in [0.4, 0.5) is 11.6 Å². The molecule has 0 saturated carbocycles. The van der Waals surface area contributed by atoms with Crippen molar-refractivity contribution in [1.82, 2.24) is 14.6 Å². The molecule has 1 saturated heterocycles. The molecular weight excluding hydrogens is 554 g/mol. The number of carbonyl (C=O) groups is 1. The quantitative estimate of drug-likeness (QED) is 0.252. The monoisotopic (exact) mass is 584 g/mol. The maximum absolute atomic E-state index is 12.7. The van der Waals surface area contributed by atoms with Crippen molar-refractivity contribution in [3.05, 3.63) is 64.6 Å². The van der Waals surface area contributed by atoms with Gasteiger partial charge in [-0.2, -0.15) is 9.61 Å². The SMILES string of the molecule is CN(CP(C)(C)=O)c1cc(N2CC[C@H](CC(N)=O)C2)n2nc(-c3ccccc3Cl)c(-c3ccc(Cl)cc3)c2n1. The fourth-order valence-electron chi connectivity index (χ4n) is 5.21. The second-order valence-corrected chi connectivity index (χ2v) is 14.9. The van der Waals surface area contributed by atoms with Gasteiger partial charge >= 0.3 is 0 Å². The highest BCUT2D eigenvalue weighted by Gasteiger charge is 2.29. The second kappa shape index (κ2) is 10.8. The standard InChI is InChI=1S/C28H31Cl2N6O2P/c1-34(17-39(2,3)38)24-15-25(35-13-12-18(16-35)14-23(31)37)36-28(32-24)26(19-8-10-20(29)11-9-19)27(33-36)21-6-4-5-7-22(21)30/h4-11,15,18H,12-14,16-17H2,1-3H3,(H2,31,37)/t18-/m1/s1. The first-order valence-corrected chi connectivity index (χ1v) is 16.3. The molecule has 4 aromatic rings. The van der Waals surface area contributed by atoms with E-state index in [-0.39, 0.29) is 11.8 Å².